The third-order valence-corrected chi connectivity index (χ3v) is 4.78. The van der Waals surface area contributed by atoms with Crippen molar-refractivity contribution in [2.45, 2.75) is 6.92 Å². The van der Waals surface area contributed by atoms with Gasteiger partial charge in [0.25, 0.3) is 11.6 Å². The SMILES string of the molecule is CCOCCOc1nc(-c2ccc3c(c2)OCO3)n(C(=O)c2ccc([N+](=O)[O-])cc2Cl)n1. The Bertz CT molecular complexity index is 1180. The number of nitro benzene ring substituents is 1. The van der Waals surface area contributed by atoms with Crippen LogP contribution >= 0.6 is 11.6 Å². The quantitative estimate of drug-likeness (QED) is 0.282. The van der Waals surface area contributed by atoms with Crippen LogP contribution in [0, 0.1) is 10.1 Å². The highest BCUT2D eigenvalue weighted by molar-refractivity contribution is 6.34. The first-order valence-electron chi connectivity index (χ1n) is 9.54. The molecule has 11 nitrogen and oxygen atoms in total. The Morgan fingerprint density at radius 2 is 2.03 bits per heavy atom. The maximum Gasteiger partial charge on any atom is 0.336 e. The molecule has 0 spiro atoms. The molecule has 3 aromatic rings. The predicted octanol–water partition coefficient (Wildman–Crippen LogP) is 3.34. The fourth-order valence-corrected chi connectivity index (χ4v) is 3.22. The van der Waals surface area contributed by atoms with E-state index in [-0.39, 0.29) is 41.5 Å². The van der Waals surface area contributed by atoms with E-state index < -0.39 is 10.8 Å². The fraction of sp³-hybridized carbons (Fsp3) is 0.250. The van der Waals surface area contributed by atoms with Crippen LogP contribution in [0.2, 0.25) is 5.02 Å². The summed E-state index contributed by atoms with van der Waals surface area (Å²) in [5, 5.41) is 15.1. The van der Waals surface area contributed by atoms with Gasteiger partial charge < -0.3 is 18.9 Å². The molecule has 0 bridgehead atoms. The van der Waals surface area contributed by atoms with Crippen molar-refractivity contribution in [3.05, 3.63) is 57.1 Å². The molecule has 1 aliphatic rings. The molecule has 0 N–H and O–H groups in total. The lowest BCUT2D eigenvalue weighted by atomic mass is 10.1. The molecule has 4 rings (SSSR count). The topological polar surface area (TPSA) is 128 Å². The Kier molecular flexibility index (Phi) is 6.19. The third kappa shape index (κ3) is 4.34. The molecule has 2 aromatic carbocycles. The first-order valence-corrected chi connectivity index (χ1v) is 9.92. The zero-order valence-corrected chi connectivity index (χ0v) is 17.6. The monoisotopic (exact) mass is 460 g/mol. The van der Waals surface area contributed by atoms with Crippen molar-refractivity contribution in [2.75, 3.05) is 26.6 Å². The number of rotatable bonds is 8. The van der Waals surface area contributed by atoms with Crippen LogP contribution in [0.3, 0.4) is 0 Å². The summed E-state index contributed by atoms with van der Waals surface area (Å²) in [6.45, 7) is 2.99. The van der Waals surface area contributed by atoms with Crippen molar-refractivity contribution in [3.8, 4) is 28.9 Å². The molecule has 0 radical (unpaired) electrons. The Hall–Kier alpha value is -3.70. The van der Waals surface area contributed by atoms with Crippen molar-refractivity contribution >= 4 is 23.2 Å². The molecular formula is C20H17ClN4O7. The second kappa shape index (κ2) is 9.20. The van der Waals surface area contributed by atoms with Crippen LogP contribution < -0.4 is 14.2 Å². The molecule has 0 unspecified atom stereocenters. The highest BCUT2D eigenvalue weighted by Crippen LogP contribution is 2.36. The van der Waals surface area contributed by atoms with Gasteiger partial charge in [-0.15, -0.1) is 5.10 Å². The molecule has 2 heterocycles. The second-order valence-corrected chi connectivity index (χ2v) is 6.88. The van der Waals surface area contributed by atoms with E-state index in [9.17, 15) is 14.9 Å². The number of benzene rings is 2. The number of nitrogens with zero attached hydrogens (tertiary/aromatic N) is 4. The number of non-ortho nitro benzene ring substituents is 1. The van der Waals surface area contributed by atoms with Gasteiger partial charge in [-0.1, -0.05) is 11.6 Å². The molecule has 12 heteroatoms. The third-order valence-electron chi connectivity index (χ3n) is 4.47. The Labute approximate surface area is 186 Å². The molecule has 1 aromatic heterocycles. The average molecular weight is 461 g/mol. The number of aromatic nitrogens is 3. The highest BCUT2D eigenvalue weighted by Gasteiger charge is 2.24. The van der Waals surface area contributed by atoms with Crippen LogP contribution in [0.25, 0.3) is 11.4 Å². The minimum absolute atomic E-state index is 0.0185. The molecule has 1 aliphatic heterocycles. The summed E-state index contributed by atoms with van der Waals surface area (Å²) in [5.41, 5.74) is 0.305. The summed E-state index contributed by atoms with van der Waals surface area (Å²) in [6.07, 6.45) is 0. The lowest BCUT2D eigenvalue weighted by Crippen LogP contribution is -2.16. The van der Waals surface area contributed by atoms with E-state index in [2.05, 4.69) is 10.1 Å². The van der Waals surface area contributed by atoms with E-state index >= 15 is 0 Å². The molecule has 0 aliphatic carbocycles. The number of carbonyl (C=O) groups excluding carboxylic acids is 1. The van der Waals surface area contributed by atoms with E-state index in [1.807, 2.05) is 6.92 Å². The van der Waals surface area contributed by atoms with E-state index in [0.29, 0.717) is 30.3 Å². The van der Waals surface area contributed by atoms with Crippen molar-refractivity contribution in [1.29, 1.82) is 0 Å². The summed E-state index contributed by atoms with van der Waals surface area (Å²) in [7, 11) is 0. The zero-order chi connectivity index (χ0) is 22.7. The van der Waals surface area contributed by atoms with Gasteiger partial charge in [-0.05, 0) is 31.2 Å². The molecule has 0 amide bonds. The molecule has 0 atom stereocenters. The highest BCUT2D eigenvalue weighted by atomic mass is 35.5. The van der Waals surface area contributed by atoms with Crippen molar-refractivity contribution < 1.29 is 28.7 Å². The van der Waals surface area contributed by atoms with Crippen LogP contribution in [0.4, 0.5) is 5.69 Å². The van der Waals surface area contributed by atoms with E-state index in [0.717, 1.165) is 10.7 Å². The Morgan fingerprint density at radius 3 is 2.78 bits per heavy atom. The lowest BCUT2D eigenvalue weighted by molar-refractivity contribution is -0.384. The number of hydrogen-bond acceptors (Lipinski definition) is 9. The van der Waals surface area contributed by atoms with E-state index in [1.165, 1.54) is 12.1 Å². The van der Waals surface area contributed by atoms with Crippen LogP contribution in [0.5, 0.6) is 17.5 Å². The minimum Gasteiger partial charge on any atom is -0.460 e. The summed E-state index contributed by atoms with van der Waals surface area (Å²) >= 11 is 6.15. The molecule has 32 heavy (non-hydrogen) atoms. The largest absolute Gasteiger partial charge is 0.460 e. The van der Waals surface area contributed by atoms with Crippen LogP contribution in [-0.4, -0.2) is 52.2 Å². The molecule has 0 fully saturated rings. The Morgan fingerprint density at radius 1 is 1.22 bits per heavy atom. The summed E-state index contributed by atoms with van der Waals surface area (Å²) in [5.74, 6) is 0.605. The van der Waals surface area contributed by atoms with E-state index in [4.69, 9.17) is 30.5 Å². The number of ether oxygens (including phenoxy) is 4. The van der Waals surface area contributed by atoms with Crippen molar-refractivity contribution in [2.24, 2.45) is 0 Å². The van der Waals surface area contributed by atoms with E-state index in [1.54, 1.807) is 18.2 Å². The summed E-state index contributed by atoms with van der Waals surface area (Å²) in [6, 6.07) is 8.57. The smallest absolute Gasteiger partial charge is 0.336 e. The van der Waals surface area contributed by atoms with Gasteiger partial charge in [0.2, 0.25) is 6.79 Å². The first kappa shape index (κ1) is 21.5. The fourth-order valence-electron chi connectivity index (χ4n) is 2.96. The Balaban J connectivity index is 1.71. The molecular weight excluding hydrogens is 444 g/mol. The first-order chi connectivity index (χ1) is 15.5. The number of halogens is 1. The summed E-state index contributed by atoms with van der Waals surface area (Å²) < 4.78 is 22.5. The molecule has 166 valence electrons. The lowest BCUT2D eigenvalue weighted by Gasteiger charge is -2.07. The van der Waals surface area contributed by atoms with Gasteiger partial charge in [0, 0.05) is 24.3 Å². The molecule has 0 saturated heterocycles. The van der Waals surface area contributed by atoms with Gasteiger partial charge in [0.1, 0.15) is 6.61 Å². The van der Waals surface area contributed by atoms with Crippen molar-refractivity contribution in [1.82, 2.24) is 14.8 Å². The van der Waals surface area contributed by atoms with Crippen LogP contribution in [-0.2, 0) is 4.74 Å². The van der Waals surface area contributed by atoms with Gasteiger partial charge in [-0.2, -0.15) is 9.67 Å². The van der Waals surface area contributed by atoms with Crippen LogP contribution in [0.1, 0.15) is 17.3 Å². The standard InChI is InChI=1S/C20H17ClN4O7/c1-2-29-7-8-30-20-22-18(12-3-6-16-17(9-12)32-11-31-16)24(23-20)19(26)14-5-4-13(25(27)28)10-15(14)21/h3-6,9-10H,2,7-8,11H2,1H3. The maximum absolute atomic E-state index is 13.2. The zero-order valence-electron chi connectivity index (χ0n) is 16.8. The number of carbonyl (C=O) groups is 1. The average Bonchev–Trinajstić information content (AvgIpc) is 3.42. The normalized spacial score (nSPS) is 12.1. The predicted molar refractivity (Wildman–Crippen MR) is 111 cm³/mol. The van der Waals surface area contributed by atoms with Gasteiger partial charge in [0.15, 0.2) is 17.3 Å². The van der Waals surface area contributed by atoms with Gasteiger partial charge in [-0.25, -0.2) is 0 Å². The van der Waals surface area contributed by atoms with Crippen molar-refractivity contribution in [3.63, 3.8) is 0 Å². The minimum atomic E-state index is -0.635. The molecule has 0 saturated carbocycles. The maximum atomic E-state index is 13.2. The number of nitro groups is 1. The van der Waals surface area contributed by atoms with Gasteiger partial charge in [0.05, 0.1) is 22.1 Å². The second-order valence-electron chi connectivity index (χ2n) is 6.47. The number of hydrogen-bond donors (Lipinski definition) is 0. The van der Waals surface area contributed by atoms with Crippen LogP contribution in [0.15, 0.2) is 36.4 Å². The number of fused-ring (bicyclic) bond motifs is 1. The summed E-state index contributed by atoms with van der Waals surface area (Å²) in [4.78, 5) is 27.9. The van der Waals surface area contributed by atoms with Gasteiger partial charge >= 0.3 is 6.01 Å². The van der Waals surface area contributed by atoms with Gasteiger partial charge in [-0.3, -0.25) is 14.9 Å².